The third-order valence-electron chi connectivity index (χ3n) is 3.35. The van der Waals surface area contributed by atoms with Crippen molar-refractivity contribution in [1.82, 2.24) is 5.32 Å². The van der Waals surface area contributed by atoms with Crippen molar-refractivity contribution >= 4 is 33.8 Å². The lowest BCUT2D eigenvalue weighted by Crippen LogP contribution is -2.26. The molecule has 1 saturated heterocycles. The van der Waals surface area contributed by atoms with Crippen molar-refractivity contribution in [2.45, 2.75) is 18.8 Å². The lowest BCUT2D eigenvalue weighted by atomic mass is 9.90. The Morgan fingerprint density at radius 1 is 1.24 bits per heavy atom. The van der Waals surface area contributed by atoms with E-state index in [2.05, 4.69) is 10.7 Å². The number of hydrogen-bond donors (Lipinski definition) is 1. The second-order valence-corrected chi connectivity index (χ2v) is 5.27. The highest BCUT2D eigenvalue weighted by atomic mass is 35.5. The number of benzene rings is 1. The normalized spacial score (nSPS) is 17.0. The summed E-state index contributed by atoms with van der Waals surface area (Å²) in [4.78, 5) is 0. The Hall–Kier alpha value is -0.640. The van der Waals surface area contributed by atoms with Crippen LogP contribution >= 0.6 is 23.7 Å². The first-order valence-electron chi connectivity index (χ1n) is 5.72. The molecule has 0 radical (unpaired) electrons. The van der Waals surface area contributed by atoms with E-state index < -0.39 is 0 Å². The standard InChI is InChI=1S/C13H14FNS.ClH/c14-10-1-2-11-12(8-16-13(11)7-10)9-3-5-15-6-4-9;/h1-2,7-9,15H,3-6H2;1H. The summed E-state index contributed by atoms with van der Waals surface area (Å²) < 4.78 is 14.2. The van der Waals surface area contributed by atoms with E-state index in [4.69, 9.17) is 0 Å². The van der Waals surface area contributed by atoms with Gasteiger partial charge >= 0.3 is 0 Å². The Bertz CT molecular complexity index is 505. The van der Waals surface area contributed by atoms with Crippen molar-refractivity contribution in [2.24, 2.45) is 0 Å². The fourth-order valence-corrected chi connectivity index (χ4v) is 3.54. The molecule has 1 aliphatic rings. The maximum Gasteiger partial charge on any atom is 0.124 e. The summed E-state index contributed by atoms with van der Waals surface area (Å²) in [5.74, 6) is 0.520. The number of nitrogens with one attached hydrogen (secondary N) is 1. The Morgan fingerprint density at radius 2 is 2.00 bits per heavy atom. The van der Waals surface area contributed by atoms with Crippen molar-refractivity contribution in [1.29, 1.82) is 0 Å². The van der Waals surface area contributed by atoms with Gasteiger partial charge < -0.3 is 5.32 Å². The third kappa shape index (κ3) is 2.46. The Morgan fingerprint density at radius 3 is 2.76 bits per heavy atom. The van der Waals surface area contributed by atoms with Crippen LogP contribution in [0.1, 0.15) is 24.3 Å². The number of hydrogen-bond acceptors (Lipinski definition) is 2. The van der Waals surface area contributed by atoms with Gasteiger partial charge in [-0.05, 0) is 60.3 Å². The van der Waals surface area contributed by atoms with Gasteiger partial charge in [-0.25, -0.2) is 4.39 Å². The summed E-state index contributed by atoms with van der Waals surface area (Å²) in [5.41, 5.74) is 1.42. The Balaban J connectivity index is 0.00000108. The van der Waals surface area contributed by atoms with Gasteiger partial charge in [-0.2, -0.15) is 0 Å². The zero-order chi connectivity index (χ0) is 11.0. The second-order valence-electron chi connectivity index (χ2n) is 4.36. The molecule has 2 aromatic rings. The lowest BCUT2D eigenvalue weighted by molar-refractivity contribution is 0.463. The first-order valence-corrected chi connectivity index (χ1v) is 6.60. The van der Waals surface area contributed by atoms with Crippen LogP contribution in [0.4, 0.5) is 4.39 Å². The molecule has 0 unspecified atom stereocenters. The SMILES string of the molecule is Cl.Fc1ccc2c(C3CCNCC3)csc2c1. The van der Waals surface area contributed by atoms with Crippen LogP contribution in [-0.4, -0.2) is 13.1 Å². The van der Waals surface area contributed by atoms with Crippen molar-refractivity contribution < 1.29 is 4.39 Å². The molecule has 0 atom stereocenters. The Kier molecular flexibility index (Phi) is 4.02. The molecule has 17 heavy (non-hydrogen) atoms. The molecule has 1 aromatic heterocycles. The van der Waals surface area contributed by atoms with Crippen LogP contribution in [0.15, 0.2) is 23.6 Å². The summed E-state index contributed by atoms with van der Waals surface area (Å²) >= 11 is 1.66. The van der Waals surface area contributed by atoms with E-state index in [0.29, 0.717) is 5.92 Å². The van der Waals surface area contributed by atoms with E-state index in [1.165, 1.54) is 23.8 Å². The van der Waals surface area contributed by atoms with Crippen LogP contribution in [0.5, 0.6) is 0 Å². The van der Waals surface area contributed by atoms with Crippen molar-refractivity contribution in [2.75, 3.05) is 13.1 Å². The predicted octanol–water partition coefficient (Wildman–Crippen LogP) is 3.93. The number of rotatable bonds is 1. The van der Waals surface area contributed by atoms with E-state index in [1.54, 1.807) is 23.5 Å². The molecular formula is C13H15ClFNS. The van der Waals surface area contributed by atoms with E-state index in [9.17, 15) is 4.39 Å². The first-order chi connectivity index (χ1) is 7.84. The van der Waals surface area contributed by atoms with Gasteiger partial charge in [0.2, 0.25) is 0 Å². The number of halogens is 2. The molecule has 0 aliphatic carbocycles. The van der Waals surface area contributed by atoms with Crippen molar-refractivity contribution in [3.63, 3.8) is 0 Å². The summed E-state index contributed by atoms with van der Waals surface area (Å²) in [6.07, 6.45) is 2.40. The smallest absolute Gasteiger partial charge is 0.124 e. The predicted molar refractivity (Wildman–Crippen MR) is 73.9 cm³/mol. The number of thiophene rings is 1. The average Bonchev–Trinajstić information content (AvgIpc) is 2.73. The van der Waals surface area contributed by atoms with Crippen LogP contribution in [0.25, 0.3) is 10.1 Å². The van der Waals surface area contributed by atoms with Crippen LogP contribution in [-0.2, 0) is 0 Å². The zero-order valence-corrected chi connectivity index (χ0v) is 11.0. The van der Waals surface area contributed by atoms with Gasteiger partial charge in [-0.3, -0.25) is 0 Å². The highest BCUT2D eigenvalue weighted by Crippen LogP contribution is 2.35. The van der Waals surface area contributed by atoms with Crippen LogP contribution in [0, 0.1) is 5.82 Å². The molecule has 0 amide bonds. The van der Waals surface area contributed by atoms with E-state index >= 15 is 0 Å². The number of piperidine rings is 1. The van der Waals surface area contributed by atoms with Gasteiger partial charge in [0.15, 0.2) is 0 Å². The molecule has 1 fully saturated rings. The molecule has 92 valence electrons. The van der Waals surface area contributed by atoms with Crippen LogP contribution in [0.2, 0.25) is 0 Å². The second kappa shape index (κ2) is 5.34. The maximum atomic E-state index is 13.1. The van der Waals surface area contributed by atoms with Gasteiger partial charge in [0.25, 0.3) is 0 Å². The van der Waals surface area contributed by atoms with Crippen molar-refractivity contribution in [3.05, 3.63) is 35.0 Å². The molecule has 2 heterocycles. The third-order valence-corrected chi connectivity index (χ3v) is 4.31. The largest absolute Gasteiger partial charge is 0.317 e. The van der Waals surface area contributed by atoms with Gasteiger partial charge in [0, 0.05) is 4.70 Å². The minimum absolute atomic E-state index is 0. The van der Waals surface area contributed by atoms with Crippen LogP contribution < -0.4 is 5.32 Å². The van der Waals surface area contributed by atoms with E-state index in [1.807, 2.05) is 6.07 Å². The van der Waals surface area contributed by atoms with E-state index in [-0.39, 0.29) is 18.2 Å². The summed E-state index contributed by atoms with van der Waals surface area (Å²) in [7, 11) is 0. The Labute approximate surface area is 110 Å². The number of fused-ring (bicyclic) bond motifs is 1. The maximum absolute atomic E-state index is 13.1. The lowest BCUT2D eigenvalue weighted by Gasteiger charge is -2.22. The quantitative estimate of drug-likeness (QED) is 0.829. The fourth-order valence-electron chi connectivity index (χ4n) is 2.47. The van der Waals surface area contributed by atoms with Gasteiger partial charge in [0.05, 0.1) is 0 Å². The monoisotopic (exact) mass is 271 g/mol. The molecule has 0 spiro atoms. The molecule has 3 rings (SSSR count). The topological polar surface area (TPSA) is 12.0 Å². The summed E-state index contributed by atoms with van der Waals surface area (Å²) in [6, 6.07) is 5.14. The van der Waals surface area contributed by atoms with Gasteiger partial charge in [-0.1, -0.05) is 6.07 Å². The zero-order valence-electron chi connectivity index (χ0n) is 9.41. The van der Waals surface area contributed by atoms with Crippen LogP contribution in [0.3, 0.4) is 0 Å². The molecule has 1 nitrogen and oxygen atoms in total. The van der Waals surface area contributed by atoms with Crippen molar-refractivity contribution in [3.8, 4) is 0 Å². The molecule has 4 heteroatoms. The molecule has 1 aromatic carbocycles. The molecule has 0 bridgehead atoms. The summed E-state index contributed by atoms with van der Waals surface area (Å²) in [5, 5.41) is 6.83. The molecule has 1 aliphatic heterocycles. The fraction of sp³-hybridized carbons (Fsp3) is 0.385. The molecule has 0 saturated carbocycles. The molecule has 1 N–H and O–H groups in total. The molecular weight excluding hydrogens is 257 g/mol. The van der Waals surface area contributed by atoms with E-state index in [0.717, 1.165) is 17.8 Å². The highest BCUT2D eigenvalue weighted by Gasteiger charge is 2.18. The minimum atomic E-state index is -0.133. The average molecular weight is 272 g/mol. The highest BCUT2D eigenvalue weighted by molar-refractivity contribution is 7.17. The van der Waals surface area contributed by atoms with Gasteiger partial charge in [-0.15, -0.1) is 23.7 Å². The first kappa shape index (κ1) is 12.8. The minimum Gasteiger partial charge on any atom is -0.317 e. The summed E-state index contributed by atoms with van der Waals surface area (Å²) in [6.45, 7) is 2.20. The van der Waals surface area contributed by atoms with Gasteiger partial charge in [0.1, 0.15) is 5.82 Å².